The number of hydrogen-bond acceptors (Lipinski definition) is 4. The van der Waals surface area contributed by atoms with E-state index in [2.05, 4.69) is 11.9 Å². The molecule has 0 radical (unpaired) electrons. The summed E-state index contributed by atoms with van der Waals surface area (Å²) in [6.07, 6.45) is 1.95. The van der Waals surface area contributed by atoms with Crippen molar-refractivity contribution in [3.63, 3.8) is 0 Å². The summed E-state index contributed by atoms with van der Waals surface area (Å²) in [6.45, 7) is 4.61. The Hall–Kier alpha value is -2.07. The highest BCUT2D eigenvalue weighted by molar-refractivity contribution is 5.44. The summed E-state index contributed by atoms with van der Waals surface area (Å²) < 4.78 is 11.2. The van der Waals surface area contributed by atoms with E-state index >= 15 is 0 Å². The molecule has 0 unspecified atom stereocenters. The fraction of sp³-hybridized carbons (Fsp3) is 0.353. The maximum atomic E-state index is 5.89. The van der Waals surface area contributed by atoms with Gasteiger partial charge in [-0.3, -0.25) is 0 Å². The van der Waals surface area contributed by atoms with Crippen LogP contribution in [0.15, 0.2) is 30.3 Å². The zero-order valence-electron chi connectivity index (χ0n) is 12.8. The monoisotopic (exact) mass is 286 g/mol. The highest BCUT2D eigenvalue weighted by Gasteiger charge is 2.09. The van der Waals surface area contributed by atoms with Crippen LogP contribution in [-0.2, 0) is 13.0 Å². The molecule has 2 aromatic rings. The number of rotatable bonds is 6. The van der Waals surface area contributed by atoms with E-state index in [9.17, 15) is 0 Å². The first kappa shape index (κ1) is 15.3. The molecule has 1 aromatic heterocycles. The smallest absolute Gasteiger partial charge is 0.219 e. The number of nitrogens with two attached hydrogens (primary N) is 1. The molecule has 0 fully saturated rings. The van der Waals surface area contributed by atoms with Crippen molar-refractivity contribution in [1.29, 1.82) is 0 Å². The van der Waals surface area contributed by atoms with E-state index < -0.39 is 0 Å². The van der Waals surface area contributed by atoms with Crippen molar-refractivity contribution in [1.82, 2.24) is 4.98 Å². The first-order chi connectivity index (χ1) is 10.2. The maximum absolute atomic E-state index is 5.89. The fourth-order valence-electron chi connectivity index (χ4n) is 2.15. The quantitative estimate of drug-likeness (QED) is 0.881. The second kappa shape index (κ2) is 7.09. The minimum atomic E-state index is 0.473. The van der Waals surface area contributed by atoms with Crippen LogP contribution in [0.25, 0.3) is 0 Å². The van der Waals surface area contributed by atoms with Crippen molar-refractivity contribution in [2.75, 3.05) is 7.11 Å². The number of aromatic nitrogens is 1. The third-order valence-corrected chi connectivity index (χ3v) is 3.19. The van der Waals surface area contributed by atoms with E-state index in [1.807, 2.05) is 37.3 Å². The lowest BCUT2D eigenvalue weighted by atomic mass is 10.1. The van der Waals surface area contributed by atoms with Crippen molar-refractivity contribution >= 4 is 0 Å². The summed E-state index contributed by atoms with van der Waals surface area (Å²) in [5, 5.41) is 0. The topological polar surface area (TPSA) is 57.4 Å². The molecule has 1 heterocycles. The predicted molar refractivity (Wildman–Crippen MR) is 83.9 cm³/mol. The van der Waals surface area contributed by atoms with Crippen LogP contribution in [-0.4, -0.2) is 12.1 Å². The van der Waals surface area contributed by atoms with Crippen molar-refractivity contribution < 1.29 is 9.47 Å². The number of pyridine rings is 1. The summed E-state index contributed by atoms with van der Waals surface area (Å²) >= 11 is 0. The third kappa shape index (κ3) is 3.95. The molecule has 0 aliphatic rings. The summed E-state index contributed by atoms with van der Waals surface area (Å²) in [6, 6.07) is 9.72. The van der Waals surface area contributed by atoms with Crippen LogP contribution in [0.5, 0.6) is 17.4 Å². The molecule has 112 valence electrons. The standard InChI is InChI=1S/C17H22N2O2/c1-4-5-14-9-13(11-18)10-17(19-14)21-15-7-6-12(2)8-16(15)20-3/h6-10H,4-5,11,18H2,1-3H3. The number of hydrogen-bond donors (Lipinski definition) is 1. The molecule has 21 heavy (non-hydrogen) atoms. The van der Waals surface area contributed by atoms with Crippen LogP contribution in [0.4, 0.5) is 0 Å². The molecule has 0 amide bonds. The van der Waals surface area contributed by atoms with E-state index in [4.69, 9.17) is 15.2 Å². The molecule has 1 aromatic carbocycles. The normalized spacial score (nSPS) is 10.5. The van der Waals surface area contributed by atoms with Gasteiger partial charge < -0.3 is 15.2 Å². The van der Waals surface area contributed by atoms with E-state index in [1.165, 1.54) is 0 Å². The van der Waals surface area contributed by atoms with E-state index in [0.29, 0.717) is 23.9 Å². The Balaban J connectivity index is 2.32. The van der Waals surface area contributed by atoms with Gasteiger partial charge in [-0.1, -0.05) is 19.4 Å². The highest BCUT2D eigenvalue weighted by Crippen LogP contribution is 2.31. The lowest BCUT2D eigenvalue weighted by Gasteiger charge is -2.12. The van der Waals surface area contributed by atoms with Gasteiger partial charge in [0.1, 0.15) is 0 Å². The third-order valence-electron chi connectivity index (χ3n) is 3.19. The van der Waals surface area contributed by atoms with Crippen molar-refractivity contribution in [2.45, 2.75) is 33.2 Å². The molecule has 0 spiro atoms. The van der Waals surface area contributed by atoms with Gasteiger partial charge in [0, 0.05) is 18.3 Å². The number of nitrogens with zero attached hydrogens (tertiary/aromatic N) is 1. The van der Waals surface area contributed by atoms with Crippen LogP contribution in [0, 0.1) is 6.92 Å². The van der Waals surface area contributed by atoms with Crippen LogP contribution < -0.4 is 15.2 Å². The van der Waals surface area contributed by atoms with Gasteiger partial charge in [0.25, 0.3) is 0 Å². The molecule has 0 aliphatic carbocycles. The zero-order valence-corrected chi connectivity index (χ0v) is 12.8. The molecule has 0 aliphatic heterocycles. The van der Waals surface area contributed by atoms with Crippen LogP contribution in [0.1, 0.15) is 30.2 Å². The average molecular weight is 286 g/mol. The number of ether oxygens (including phenoxy) is 2. The number of aryl methyl sites for hydroxylation is 2. The van der Waals surface area contributed by atoms with Gasteiger partial charge in [-0.2, -0.15) is 0 Å². The van der Waals surface area contributed by atoms with E-state index in [-0.39, 0.29) is 0 Å². The average Bonchev–Trinajstić information content (AvgIpc) is 2.49. The van der Waals surface area contributed by atoms with Gasteiger partial charge in [0.2, 0.25) is 5.88 Å². The predicted octanol–water partition coefficient (Wildman–Crippen LogP) is 3.60. The van der Waals surface area contributed by atoms with Crippen LogP contribution >= 0.6 is 0 Å². The lowest BCUT2D eigenvalue weighted by molar-refractivity contribution is 0.373. The molecule has 4 heteroatoms. The second-order valence-electron chi connectivity index (χ2n) is 5.02. The molecule has 0 saturated carbocycles. The molecule has 0 bridgehead atoms. The van der Waals surface area contributed by atoms with Crippen LogP contribution in [0.3, 0.4) is 0 Å². The van der Waals surface area contributed by atoms with E-state index in [0.717, 1.165) is 29.7 Å². The molecular formula is C17H22N2O2. The Kier molecular flexibility index (Phi) is 5.17. The molecular weight excluding hydrogens is 264 g/mol. The second-order valence-corrected chi connectivity index (χ2v) is 5.02. The molecule has 2 N–H and O–H groups in total. The van der Waals surface area contributed by atoms with Gasteiger partial charge >= 0.3 is 0 Å². The lowest BCUT2D eigenvalue weighted by Crippen LogP contribution is -2.02. The Morgan fingerprint density at radius 1 is 1.14 bits per heavy atom. The van der Waals surface area contributed by atoms with Gasteiger partial charge in [0.05, 0.1) is 7.11 Å². The van der Waals surface area contributed by atoms with Crippen LogP contribution in [0.2, 0.25) is 0 Å². The van der Waals surface area contributed by atoms with Crippen molar-refractivity contribution in [3.05, 3.63) is 47.2 Å². The first-order valence-corrected chi connectivity index (χ1v) is 7.18. The zero-order chi connectivity index (χ0) is 15.2. The maximum Gasteiger partial charge on any atom is 0.219 e. The van der Waals surface area contributed by atoms with Gasteiger partial charge in [-0.25, -0.2) is 4.98 Å². The largest absolute Gasteiger partial charge is 0.493 e. The Morgan fingerprint density at radius 2 is 1.95 bits per heavy atom. The van der Waals surface area contributed by atoms with Gasteiger partial charge in [-0.15, -0.1) is 0 Å². The summed E-state index contributed by atoms with van der Waals surface area (Å²) in [7, 11) is 1.63. The van der Waals surface area contributed by atoms with E-state index in [1.54, 1.807) is 7.11 Å². The summed E-state index contributed by atoms with van der Waals surface area (Å²) in [5.74, 6) is 1.92. The van der Waals surface area contributed by atoms with Crippen molar-refractivity contribution in [3.8, 4) is 17.4 Å². The molecule has 0 atom stereocenters. The molecule has 2 rings (SSSR count). The molecule has 0 saturated heterocycles. The Labute approximate surface area is 125 Å². The van der Waals surface area contributed by atoms with Gasteiger partial charge in [-0.05, 0) is 42.7 Å². The Bertz CT molecular complexity index is 612. The Morgan fingerprint density at radius 3 is 2.62 bits per heavy atom. The number of methoxy groups -OCH3 is 1. The minimum absolute atomic E-state index is 0.473. The van der Waals surface area contributed by atoms with Crippen molar-refractivity contribution in [2.24, 2.45) is 5.73 Å². The van der Waals surface area contributed by atoms with Gasteiger partial charge in [0.15, 0.2) is 11.5 Å². The minimum Gasteiger partial charge on any atom is -0.493 e. The summed E-state index contributed by atoms with van der Waals surface area (Å²) in [4.78, 5) is 4.53. The fourth-order valence-corrected chi connectivity index (χ4v) is 2.15. The summed E-state index contributed by atoms with van der Waals surface area (Å²) in [5.41, 5.74) is 8.89. The first-order valence-electron chi connectivity index (χ1n) is 7.18. The highest BCUT2D eigenvalue weighted by atomic mass is 16.5. The number of benzene rings is 1. The SMILES string of the molecule is CCCc1cc(CN)cc(Oc2ccc(C)cc2OC)n1. The molecule has 4 nitrogen and oxygen atoms in total.